The molecule has 0 heterocycles. The molecule has 0 atom stereocenters. The van der Waals surface area contributed by atoms with E-state index in [0.717, 1.165) is 0 Å². The summed E-state index contributed by atoms with van der Waals surface area (Å²) in [7, 11) is 0. The predicted octanol–water partition coefficient (Wildman–Crippen LogP) is 2.87. The number of nitrogens with one attached hydrogen (secondary N) is 1. The monoisotopic (exact) mass is 304 g/mol. The molecule has 0 aromatic rings. The molecule has 21 heavy (non-hydrogen) atoms. The third kappa shape index (κ3) is 15.1. The molecule has 0 aliphatic carbocycles. The lowest BCUT2D eigenvalue weighted by molar-refractivity contribution is -0.128. The van der Waals surface area contributed by atoms with Crippen molar-refractivity contribution in [3.05, 3.63) is 0 Å². The standard InChI is InChI=1S/C12H24N2O3.C3H8.CH4/c1-9(15)14-8-12(4,5)17-7-6-11(2,3)10(13)16;1-3-2;/h6-8H2,1-5H3,(H2,13,16)(H,14,15);3H2,1-2H3;1H4. The molecule has 0 saturated carbocycles. The molecule has 0 saturated heterocycles. The van der Waals surface area contributed by atoms with Gasteiger partial charge in [0, 0.05) is 25.5 Å². The zero-order valence-corrected chi connectivity index (χ0v) is 14.1. The summed E-state index contributed by atoms with van der Waals surface area (Å²) in [6.07, 6.45) is 1.81. The minimum Gasteiger partial charge on any atom is -0.374 e. The van der Waals surface area contributed by atoms with Crippen molar-refractivity contribution in [2.75, 3.05) is 13.2 Å². The minimum atomic E-state index is -0.565. The second kappa shape index (κ2) is 11.5. The molecule has 5 nitrogen and oxygen atoms in total. The molecule has 0 radical (unpaired) electrons. The number of primary amides is 1. The molecule has 5 heteroatoms. The van der Waals surface area contributed by atoms with Crippen LogP contribution >= 0.6 is 0 Å². The van der Waals surface area contributed by atoms with E-state index in [1.807, 2.05) is 13.8 Å². The summed E-state index contributed by atoms with van der Waals surface area (Å²) in [6.45, 7) is 14.0. The molecule has 0 aliphatic rings. The Morgan fingerprint density at radius 2 is 1.57 bits per heavy atom. The third-order valence-corrected chi connectivity index (χ3v) is 2.65. The number of carbonyl (C=O) groups excluding carboxylic acids is 2. The average Bonchev–Trinajstić information content (AvgIpc) is 2.27. The first kappa shape index (κ1) is 24.9. The summed E-state index contributed by atoms with van der Waals surface area (Å²) in [4.78, 5) is 21.9. The average molecular weight is 304 g/mol. The van der Waals surface area contributed by atoms with Gasteiger partial charge in [-0.1, -0.05) is 41.5 Å². The molecule has 128 valence electrons. The normalized spacial score (nSPS) is 10.8. The van der Waals surface area contributed by atoms with Gasteiger partial charge in [-0.15, -0.1) is 0 Å². The predicted molar refractivity (Wildman–Crippen MR) is 89.0 cm³/mol. The van der Waals surface area contributed by atoms with Gasteiger partial charge in [-0.3, -0.25) is 9.59 Å². The zero-order valence-electron chi connectivity index (χ0n) is 14.1. The Balaban J connectivity index is -0.000000740. The minimum absolute atomic E-state index is 0. The third-order valence-electron chi connectivity index (χ3n) is 2.65. The maximum Gasteiger partial charge on any atom is 0.223 e. The van der Waals surface area contributed by atoms with Gasteiger partial charge in [-0.2, -0.15) is 0 Å². The fraction of sp³-hybridized carbons (Fsp3) is 0.875. The second-order valence-corrected chi connectivity index (χ2v) is 6.22. The first-order valence-electron chi connectivity index (χ1n) is 7.16. The smallest absolute Gasteiger partial charge is 0.223 e. The SMILES string of the molecule is C.CC(=O)NCC(C)(C)OCCC(C)(C)C(N)=O.CCC. The van der Waals surface area contributed by atoms with Crippen LogP contribution in [0.4, 0.5) is 0 Å². The summed E-state index contributed by atoms with van der Waals surface area (Å²) in [5.41, 5.74) is 4.26. The number of amides is 2. The van der Waals surface area contributed by atoms with E-state index in [-0.39, 0.29) is 19.2 Å². The van der Waals surface area contributed by atoms with Gasteiger partial charge in [0.1, 0.15) is 0 Å². The molecule has 0 rings (SSSR count). The molecular weight excluding hydrogens is 268 g/mol. The molecule has 2 amide bonds. The zero-order chi connectivity index (χ0) is 16.4. The summed E-state index contributed by atoms with van der Waals surface area (Å²) in [5, 5.41) is 2.70. The maximum absolute atomic E-state index is 11.1. The van der Waals surface area contributed by atoms with Gasteiger partial charge in [0.15, 0.2) is 0 Å². The van der Waals surface area contributed by atoms with Crippen molar-refractivity contribution in [2.45, 2.75) is 74.3 Å². The van der Waals surface area contributed by atoms with Crippen LogP contribution in [0, 0.1) is 5.41 Å². The van der Waals surface area contributed by atoms with Crippen LogP contribution < -0.4 is 11.1 Å². The van der Waals surface area contributed by atoms with E-state index in [4.69, 9.17) is 10.5 Å². The van der Waals surface area contributed by atoms with Crippen LogP contribution in [0.25, 0.3) is 0 Å². The van der Waals surface area contributed by atoms with Gasteiger partial charge >= 0.3 is 0 Å². The fourth-order valence-corrected chi connectivity index (χ4v) is 1.09. The first-order valence-corrected chi connectivity index (χ1v) is 7.16. The second-order valence-electron chi connectivity index (χ2n) is 6.22. The summed E-state index contributed by atoms with van der Waals surface area (Å²) < 4.78 is 5.64. The van der Waals surface area contributed by atoms with Crippen LogP contribution in [0.15, 0.2) is 0 Å². The molecule has 0 aliphatic heterocycles. The van der Waals surface area contributed by atoms with Gasteiger partial charge in [0.25, 0.3) is 0 Å². The van der Waals surface area contributed by atoms with Crippen molar-refractivity contribution in [1.29, 1.82) is 0 Å². The van der Waals surface area contributed by atoms with E-state index in [1.165, 1.54) is 13.3 Å². The Morgan fingerprint density at radius 1 is 1.14 bits per heavy atom. The maximum atomic E-state index is 11.1. The van der Waals surface area contributed by atoms with Gasteiger partial charge in [0.05, 0.1) is 5.60 Å². The van der Waals surface area contributed by atoms with Crippen LogP contribution in [0.1, 0.15) is 68.7 Å². The van der Waals surface area contributed by atoms with Gasteiger partial charge in [-0.25, -0.2) is 0 Å². The quantitative estimate of drug-likeness (QED) is 0.759. The topological polar surface area (TPSA) is 81.4 Å². The Labute approximate surface area is 131 Å². The summed E-state index contributed by atoms with van der Waals surface area (Å²) in [5.74, 6) is -0.417. The van der Waals surface area contributed by atoms with Gasteiger partial charge < -0.3 is 15.8 Å². The first-order chi connectivity index (χ1) is 8.98. The number of rotatable bonds is 7. The van der Waals surface area contributed by atoms with E-state index in [2.05, 4.69) is 19.2 Å². The lowest BCUT2D eigenvalue weighted by atomic mass is 9.89. The number of nitrogens with two attached hydrogens (primary N) is 1. The molecular formula is C16H36N2O3. The van der Waals surface area contributed by atoms with Gasteiger partial charge in [0.2, 0.25) is 11.8 Å². The highest BCUT2D eigenvalue weighted by Gasteiger charge is 2.26. The number of hydrogen-bond acceptors (Lipinski definition) is 3. The van der Waals surface area contributed by atoms with Crippen molar-refractivity contribution >= 4 is 11.8 Å². The van der Waals surface area contributed by atoms with Crippen LogP contribution in [-0.4, -0.2) is 30.6 Å². The highest BCUT2D eigenvalue weighted by Crippen LogP contribution is 2.20. The van der Waals surface area contributed by atoms with Gasteiger partial charge in [-0.05, 0) is 20.3 Å². The Hall–Kier alpha value is -1.10. The largest absolute Gasteiger partial charge is 0.374 e. The van der Waals surface area contributed by atoms with Crippen LogP contribution in [0.2, 0.25) is 0 Å². The van der Waals surface area contributed by atoms with Crippen molar-refractivity contribution in [3.63, 3.8) is 0 Å². The summed E-state index contributed by atoms with van der Waals surface area (Å²) in [6, 6.07) is 0. The van der Waals surface area contributed by atoms with Crippen molar-refractivity contribution < 1.29 is 14.3 Å². The van der Waals surface area contributed by atoms with E-state index in [1.54, 1.807) is 13.8 Å². The van der Waals surface area contributed by atoms with E-state index in [0.29, 0.717) is 19.6 Å². The van der Waals surface area contributed by atoms with Crippen molar-refractivity contribution in [1.82, 2.24) is 5.32 Å². The number of carbonyl (C=O) groups is 2. The van der Waals surface area contributed by atoms with Crippen molar-refractivity contribution in [3.8, 4) is 0 Å². The molecule has 0 aromatic carbocycles. The molecule has 0 spiro atoms. The number of hydrogen-bond donors (Lipinski definition) is 2. The molecule has 0 unspecified atom stereocenters. The van der Waals surface area contributed by atoms with E-state index < -0.39 is 11.0 Å². The lowest BCUT2D eigenvalue weighted by Crippen LogP contribution is -2.41. The van der Waals surface area contributed by atoms with Crippen LogP contribution in [0.5, 0.6) is 0 Å². The van der Waals surface area contributed by atoms with Crippen LogP contribution in [0.3, 0.4) is 0 Å². The van der Waals surface area contributed by atoms with Crippen LogP contribution in [-0.2, 0) is 14.3 Å². The molecule has 3 N–H and O–H groups in total. The van der Waals surface area contributed by atoms with E-state index in [9.17, 15) is 9.59 Å². The Morgan fingerprint density at radius 3 is 1.90 bits per heavy atom. The highest BCUT2D eigenvalue weighted by molar-refractivity contribution is 5.79. The Kier molecular flexibility index (Phi) is 13.7. The number of ether oxygens (including phenoxy) is 1. The summed E-state index contributed by atoms with van der Waals surface area (Å²) >= 11 is 0. The van der Waals surface area contributed by atoms with E-state index >= 15 is 0 Å². The fourth-order valence-electron chi connectivity index (χ4n) is 1.09. The van der Waals surface area contributed by atoms with Crippen molar-refractivity contribution in [2.24, 2.45) is 11.1 Å². The molecule has 0 fully saturated rings. The molecule has 0 bridgehead atoms. The Bertz CT molecular complexity index is 300. The lowest BCUT2D eigenvalue weighted by Gasteiger charge is -2.28. The highest BCUT2D eigenvalue weighted by atomic mass is 16.5. The molecule has 0 aromatic heterocycles.